The summed E-state index contributed by atoms with van der Waals surface area (Å²) < 4.78 is 46.8. The standard InChI is InChI=1S/C20H13F3N6O3/c21-20(22,23)18-28-17(29-32-18)15-9-26-16(10-25-15)27-19(30)31-11-12-6-7-14(24-8-12)13-4-2-1-3-5-13/h1-10H,11H2,(H,26,27,30). The van der Waals surface area contributed by atoms with E-state index in [1.54, 1.807) is 12.3 Å². The van der Waals surface area contributed by atoms with Crippen molar-refractivity contribution in [3.05, 3.63) is 72.5 Å². The average molecular weight is 442 g/mol. The summed E-state index contributed by atoms with van der Waals surface area (Å²) in [5.74, 6) is -1.85. The number of rotatable bonds is 5. The van der Waals surface area contributed by atoms with Gasteiger partial charge in [-0.2, -0.15) is 18.2 Å². The Morgan fingerprint density at radius 1 is 0.969 bits per heavy atom. The number of anilines is 1. The zero-order valence-corrected chi connectivity index (χ0v) is 16.1. The van der Waals surface area contributed by atoms with Crippen molar-refractivity contribution in [2.75, 3.05) is 5.32 Å². The molecule has 1 aromatic carbocycles. The van der Waals surface area contributed by atoms with E-state index < -0.39 is 18.2 Å². The molecule has 3 heterocycles. The third-order valence-corrected chi connectivity index (χ3v) is 4.04. The van der Waals surface area contributed by atoms with Gasteiger partial charge in [-0.1, -0.05) is 41.6 Å². The number of amides is 1. The van der Waals surface area contributed by atoms with Crippen LogP contribution >= 0.6 is 0 Å². The number of nitrogens with zero attached hydrogens (tertiary/aromatic N) is 5. The maximum atomic E-state index is 12.5. The number of aromatic nitrogens is 5. The van der Waals surface area contributed by atoms with Gasteiger partial charge in [0.15, 0.2) is 5.82 Å². The number of pyridine rings is 1. The fourth-order valence-electron chi connectivity index (χ4n) is 2.53. The van der Waals surface area contributed by atoms with E-state index in [1.807, 2.05) is 36.4 Å². The molecule has 4 aromatic rings. The van der Waals surface area contributed by atoms with E-state index in [1.165, 1.54) is 0 Å². The predicted octanol–water partition coefficient (Wildman–Crippen LogP) is 4.36. The fraction of sp³-hybridized carbons (Fsp3) is 0.100. The summed E-state index contributed by atoms with van der Waals surface area (Å²) in [4.78, 5) is 27.2. The lowest BCUT2D eigenvalue weighted by molar-refractivity contribution is -0.159. The van der Waals surface area contributed by atoms with E-state index >= 15 is 0 Å². The molecule has 0 saturated heterocycles. The van der Waals surface area contributed by atoms with Gasteiger partial charge in [0.1, 0.15) is 12.3 Å². The summed E-state index contributed by atoms with van der Waals surface area (Å²) in [6.07, 6.45) is -1.74. The molecule has 0 atom stereocenters. The largest absolute Gasteiger partial charge is 0.471 e. The van der Waals surface area contributed by atoms with Crippen LogP contribution in [0.1, 0.15) is 11.5 Å². The van der Waals surface area contributed by atoms with E-state index in [2.05, 4.69) is 34.9 Å². The number of benzene rings is 1. The van der Waals surface area contributed by atoms with Gasteiger partial charge in [0.05, 0.1) is 18.1 Å². The molecule has 1 N–H and O–H groups in total. The average Bonchev–Trinajstić information content (AvgIpc) is 3.30. The normalized spacial score (nSPS) is 11.2. The van der Waals surface area contributed by atoms with Crippen LogP contribution in [-0.4, -0.2) is 31.2 Å². The zero-order valence-electron chi connectivity index (χ0n) is 16.1. The van der Waals surface area contributed by atoms with Gasteiger partial charge in [-0.05, 0) is 6.07 Å². The Bertz CT molecular complexity index is 1200. The third-order valence-electron chi connectivity index (χ3n) is 4.04. The van der Waals surface area contributed by atoms with E-state index in [9.17, 15) is 18.0 Å². The first kappa shape index (κ1) is 20.9. The lowest BCUT2D eigenvalue weighted by Crippen LogP contribution is -2.14. The highest BCUT2D eigenvalue weighted by molar-refractivity contribution is 5.83. The van der Waals surface area contributed by atoms with Gasteiger partial charge in [-0.25, -0.2) is 14.8 Å². The zero-order chi connectivity index (χ0) is 22.6. The van der Waals surface area contributed by atoms with Crippen LogP contribution in [0.15, 0.2) is 65.6 Å². The van der Waals surface area contributed by atoms with Crippen LogP contribution in [0.5, 0.6) is 0 Å². The molecule has 0 radical (unpaired) electrons. The van der Waals surface area contributed by atoms with Crippen molar-refractivity contribution < 1.29 is 27.2 Å². The van der Waals surface area contributed by atoms with Gasteiger partial charge >= 0.3 is 18.2 Å². The van der Waals surface area contributed by atoms with Gasteiger partial charge in [0, 0.05) is 17.3 Å². The lowest BCUT2D eigenvalue weighted by Gasteiger charge is -2.07. The van der Waals surface area contributed by atoms with E-state index in [0.29, 0.717) is 5.56 Å². The molecule has 0 fully saturated rings. The molecule has 0 bridgehead atoms. The maximum Gasteiger partial charge on any atom is 0.471 e. The first-order valence-electron chi connectivity index (χ1n) is 9.06. The molecule has 0 aliphatic carbocycles. The number of ether oxygens (including phenoxy) is 1. The SMILES string of the molecule is O=C(Nc1cnc(-c2noc(C(F)(F)F)n2)cn1)OCc1ccc(-c2ccccc2)nc1. The van der Waals surface area contributed by atoms with Gasteiger partial charge < -0.3 is 9.26 Å². The summed E-state index contributed by atoms with van der Waals surface area (Å²) >= 11 is 0. The number of hydrogen-bond acceptors (Lipinski definition) is 8. The van der Waals surface area contributed by atoms with Gasteiger partial charge in [-0.3, -0.25) is 10.3 Å². The van der Waals surface area contributed by atoms with Crippen molar-refractivity contribution in [1.82, 2.24) is 25.1 Å². The molecule has 9 nitrogen and oxygen atoms in total. The molecule has 0 aliphatic rings. The Hall–Kier alpha value is -4.35. The van der Waals surface area contributed by atoms with E-state index in [0.717, 1.165) is 23.7 Å². The Morgan fingerprint density at radius 2 is 1.75 bits per heavy atom. The molecule has 3 aromatic heterocycles. The minimum Gasteiger partial charge on any atom is -0.444 e. The smallest absolute Gasteiger partial charge is 0.444 e. The Kier molecular flexibility index (Phi) is 5.75. The molecule has 0 saturated carbocycles. The van der Waals surface area contributed by atoms with Gasteiger partial charge in [-0.15, -0.1) is 0 Å². The first-order chi connectivity index (χ1) is 15.4. The highest BCUT2D eigenvalue weighted by Crippen LogP contribution is 2.28. The van der Waals surface area contributed by atoms with Crippen LogP contribution in [-0.2, 0) is 17.5 Å². The number of halogens is 3. The van der Waals surface area contributed by atoms with Crippen LogP contribution in [0, 0.1) is 0 Å². The van der Waals surface area contributed by atoms with Crippen LogP contribution in [0.2, 0.25) is 0 Å². The number of hydrogen-bond donors (Lipinski definition) is 1. The molecular weight excluding hydrogens is 429 g/mol. The minimum atomic E-state index is -4.76. The quantitative estimate of drug-likeness (QED) is 0.485. The molecule has 0 unspecified atom stereocenters. The predicted molar refractivity (Wildman–Crippen MR) is 104 cm³/mol. The first-order valence-corrected chi connectivity index (χ1v) is 9.06. The summed E-state index contributed by atoms with van der Waals surface area (Å²) in [6.45, 7) is -0.0253. The molecule has 12 heteroatoms. The molecule has 0 spiro atoms. The van der Waals surface area contributed by atoms with Crippen LogP contribution in [0.3, 0.4) is 0 Å². The topological polar surface area (TPSA) is 116 Å². The second kappa shape index (κ2) is 8.79. The molecule has 32 heavy (non-hydrogen) atoms. The molecule has 162 valence electrons. The summed E-state index contributed by atoms with van der Waals surface area (Å²) in [7, 11) is 0. The van der Waals surface area contributed by atoms with E-state index in [4.69, 9.17) is 4.74 Å². The van der Waals surface area contributed by atoms with Crippen LogP contribution < -0.4 is 5.32 Å². The summed E-state index contributed by atoms with van der Waals surface area (Å²) in [6, 6.07) is 13.2. The minimum absolute atomic E-state index is 0.0239. The van der Waals surface area contributed by atoms with Gasteiger partial charge in [0.2, 0.25) is 5.82 Å². The second-order valence-electron chi connectivity index (χ2n) is 6.33. The van der Waals surface area contributed by atoms with Crippen LogP contribution in [0.4, 0.5) is 23.8 Å². The second-order valence-corrected chi connectivity index (χ2v) is 6.33. The number of carbonyl (C=O) groups excluding carboxylic acids is 1. The molecule has 4 rings (SSSR count). The maximum absolute atomic E-state index is 12.5. The molecular formula is C20H13F3N6O3. The van der Waals surface area contributed by atoms with Crippen molar-refractivity contribution in [1.29, 1.82) is 0 Å². The Labute approximate surface area is 178 Å². The van der Waals surface area contributed by atoms with Crippen molar-refractivity contribution in [2.45, 2.75) is 12.8 Å². The fourth-order valence-corrected chi connectivity index (χ4v) is 2.53. The monoisotopic (exact) mass is 442 g/mol. The van der Waals surface area contributed by atoms with Crippen molar-refractivity contribution in [2.24, 2.45) is 0 Å². The summed E-state index contributed by atoms with van der Waals surface area (Å²) in [5, 5.41) is 5.56. The van der Waals surface area contributed by atoms with Crippen molar-refractivity contribution >= 4 is 11.9 Å². The third kappa shape index (κ3) is 5.03. The molecule has 1 amide bonds. The highest BCUT2D eigenvalue weighted by Gasteiger charge is 2.38. The van der Waals surface area contributed by atoms with Gasteiger partial charge in [0.25, 0.3) is 0 Å². The Balaban J connectivity index is 1.31. The lowest BCUT2D eigenvalue weighted by atomic mass is 10.1. The number of alkyl halides is 3. The Morgan fingerprint density at radius 3 is 2.38 bits per heavy atom. The number of carbonyl (C=O) groups is 1. The van der Waals surface area contributed by atoms with Crippen molar-refractivity contribution in [3.8, 4) is 22.8 Å². The highest BCUT2D eigenvalue weighted by atomic mass is 19.4. The van der Waals surface area contributed by atoms with E-state index in [-0.39, 0.29) is 23.9 Å². The number of nitrogens with one attached hydrogen (secondary N) is 1. The summed E-state index contributed by atoms with van der Waals surface area (Å²) in [5.41, 5.74) is 2.37. The van der Waals surface area contributed by atoms with Crippen molar-refractivity contribution in [3.63, 3.8) is 0 Å². The van der Waals surface area contributed by atoms with Crippen LogP contribution in [0.25, 0.3) is 22.8 Å². The molecule has 0 aliphatic heterocycles.